The first-order chi connectivity index (χ1) is 7.47. The predicted molar refractivity (Wildman–Crippen MR) is 64.1 cm³/mol. The largest absolute Gasteiger partial charge is 0.398 e. The van der Waals surface area contributed by atoms with Gasteiger partial charge < -0.3 is 15.5 Å². The average Bonchev–Trinajstić information content (AvgIpc) is 2.21. The molecule has 2 aromatic rings. The minimum atomic E-state index is -4.05. The first-order valence-electron chi connectivity index (χ1n) is 4.78. The van der Waals surface area contributed by atoms with Crippen molar-refractivity contribution in [1.82, 2.24) is 0 Å². The van der Waals surface area contributed by atoms with Crippen LogP contribution < -0.4 is 5.73 Å². The molecule has 0 aromatic heterocycles. The smallest absolute Gasteiger partial charge is 0.329 e. The minimum Gasteiger partial charge on any atom is -0.398 e. The monoisotopic (exact) mass is 237 g/mol. The molecule has 0 amide bonds. The van der Waals surface area contributed by atoms with E-state index >= 15 is 0 Å². The zero-order valence-electron chi connectivity index (χ0n) is 8.50. The van der Waals surface area contributed by atoms with Crippen LogP contribution in [0.2, 0.25) is 0 Å². The van der Waals surface area contributed by atoms with E-state index in [9.17, 15) is 4.57 Å². The van der Waals surface area contributed by atoms with Gasteiger partial charge in [-0.1, -0.05) is 30.3 Å². The van der Waals surface area contributed by atoms with E-state index in [0.717, 1.165) is 10.8 Å². The summed E-state index contributed by atoms with van der Waals surface area (Å²) in [5.74, 6) is 0. The van der Waals surface area contributed by atoms with E-state index in [2.05, 4.69) is 0 Å². The summed E-state index contributed by atoms with van der Waals surface area (Å²) >= 11 is 0. The molecule has 0 fully saturated rings. The molecule has 0 saturated heterocycles. The fourth-order valence-corrected chi connectivity index (χ4v) is 2.46. The summed E-state index contributed by atoms with van der Waals surface area (Å²) in [6.07, 6.45) is -0.256. The zero-order chi connectivity index (χ0) is 11.8. The van der Waals surface area contributed by atoms with Crippen LogP contribution >= 0.6 is 7.60 Å². The Morgan fingerprint density at radius 3 is 2.31 bits per heavy atom. The third-order valence-electron chi connectivity index (χ3n) is 2.42. The first-order valence-corrected chi connectivity index (χ1v) is 6.58. The van der Waals surface area contributed by atoms with Crippen LogP contribution in [-0.2, 0) is 10.7 Å². The van der Waals surface area contributed by atoms with Crippen LogP contribution in [-0.4, -0.2) is 9.79 Å². The van der Waals surface area contributed by atoms with Gasteiger partial charge in [0.1, 0.15) is 0 Å². The molecule has 0 atom stereocenters. The standard InChI is InChI=1S/C11H12NO3P/c12-11-6-5-8(7-16(13,14)15)9-3-1-2-4-10(9)11/h1-6H,7,12H2,(H2,13,14,15). The molecule has 4 nitrogen and oxygen atoms in total. The lowest BCUT2D eigenvalue weighted by atomic mass is 10.0. The summed E-state index contributed by atoms with van der Waals surface area (Å²) in [4.78, 5) is 18.0. The second-order valence-electron chi connectivity index (χ2n) is 3.68. The van der Waals surface area contributed by atoms with E-state index in [1.54, 1.807) is 12.1 Å². The van der Waals surface area contributed by atoms with Gasteiger partial charge in [-0.25, -0.2) is 0 Å². The zero-order valence-corrected chi connectivity index (χ0v) is 9.39. The maximum atomic E-state index is 11.0. The summed E-state index contributed by atoms with van der Waals surface area (Å²) in [5, 5.41) is 1.62. The summed E-state index contributed by atoms with van der Waals surface area (Å²) in [6.45, 7) is 0. The topological polar surface area (TPSA) is 83.6 Å². The van der Waals surface area contributed by atoms with Gasteiger partial charge in [-0.2, -0.15) is 0 Å². The lowest BCUT2D eigenvalue weighted by Gasteiger charge is -2.09. The molecular formula is C11H12NO3P. The van der Waals surface area contributed by atoms with E-state index in [0.29, 0.717) is 11.3 Å². The quantitative estimate of drug-likeness (QED) is 0.551. The molecule has 4 N–H and O–H groups in total. The molecule has 0 bridgehead atoms. The summed E-state index contributed by atoms with van der Waals surface area (Å²) < 4.78 is 11.0. The van der Waals surface area contributed by atoms with Crippen molar-refractivity contribution in [3.63, 3.8) is 0 Å². The molecule has 0 heterocycles. The highest BCUT2D eigenvalue weighted by Gasteiger charge is 2.16. The van der Waals surface area contributed by atoms with Crippen molar-refractivity contribution in [3.05, 3.63) is 42.0 Å². The molecule has 16 heavy (non-hydrogen) atoms. The lowest BCUT2D eigenvalue weighted by molar-refractivity contribution is 0.372. The Labute approximate surface area is 92.9 Å². The number of nitrogens with two attached hydrogens (primary N) is 1. The Balaban J connectivity index is 2.63. The average molecular weight is 237 g/mol. The molecule has 0 aliphatic carbocycles. The van der Waals surface area contributed by atoms with Gasteiger partial charge in [0.25, 0.3) is 0 Å². The highest BCUT2D eigenvalue weighted by atomic mass is 31.2. The van der Waals surface area contributed by atoms with Gasteiger partial charge in [0.15, 0.2) is 0 Å². The summed E-state index contributed by atoms with van der Waals surface area (Å²) in [5.41, 5.74) is 7.03. The molecular weight excluding hydrogens is 225 g/mol. The normalized spacial score (nSPS) is 11.9. The van der Waals surface area contributed by atoms with E-state index in [1.165, 1.54) is 0 Å². The summed E-state index contributed by atoms with van der Waals surface area (Å²) in [6, 6.07) is 10.7. The lowest BCUT2D eigenvalue weighted by Crippen LogP contribution is -1.92. The molecule has 0 radical (unpaired) electrons. The van der Waals surface area contributed by atoms with Crippen LogP contribution in [0, 0.1) is 0 Å². The number of anilines is 1. The van der Waals surface area contributed by atoms with Gasteiger partial charge in [0.2, 0.25) is 0 Å². The van der Waals surface area contributed by atoms with Crippen LogP contribution in [0.5, 0.6) is 0 Å². The Morgan fingerprint density at radius 1 is 1.06 bits per heavy atom. The number of benzene rings is 2. The number of hydrogen-bond donors (Lipinski definition) is 3. The maximum Gasteiger partial charge on any atom is 0.329 e. The van der Waals surface area contributed by atoms with E-state index in [1.807, 2.05) is 24.3 Å². The molecule has 0 unspecified atom stereocenters. The summed E-state index contributed by atoms with van der Waals surface area (Å²) in [7, 11) is -4.05. The SMILES string of the molecule is Nc1ccc(CP(=O)(O)O)c2ccccc12. The third kappa shape index (κ3) is 2.25. The van der Waals surface area contributed by atoms with Crippen molar-refractivity contribution in [2.45, 2.75) is 6.16 Å². The third-order valence-corrected chi connectivity index (χ3v) is 3.18. The van der Waals surface area contributed by atoms with Crippen LogP contribution in [0.15, 0.2) is 36.4 Å². The van der Waals surface area contributed by atoms with Gasteiger partial charge >= 0.3 is 7.60 Å². The van der Waals surface area contributed by atoms with Crippen molar-refractivity contribution in [1.29, 1.82) is 0 Å². The van der Waals surface area contributed by atoms with Crippen molar-refractivity contribution in [2.24, 2.45) is 0 Å². The predicted octanol–water partition coefficient (Wildman–Crippen LogP) is 2.10. The van der Waals surface area contributed by atoms with Crippen molar-refractivity contribution >= 4 is 24.1 Å². The van der Waals surface area contributed by atoms with Gasteiger partial charge in [0, 0.05) is 11.1 Å². The van der Waals surface area contributed by atoms with Gasteiger partial charge in [-0.3, -0.25) is 4.57 Å². The molecule has 5 heteroatoms. The number of rotatable bonds is 2. The van der Waals surface area contributed by atoms with E-state index in [-0.39, 0.29) is 6.16 Å². The van der Waals surface area contributed by atoms with Crippen LogP contribution in [0.1, 0.15) is 5.56 Å². The van der Waals surface area contributed by atoms with Crippen LogP contribution in [0.4, 0.5) is 5.69 Å². The molecule has 0 saturated carbocycles. The number of hydrogen-bond acceptors (Lipinski definition) is 2. The Kier molecular flexibility index (Phi) is 2.72. The Bertz CT molecular complexity index is 576. The molecule has 2 rings (SSSR count). The molecule has 2 aromatic carbocycles. The maximum absolute atomic E-state index is 11.0. The van der Waals surface area contributed by atoms with Gasteiger partial charge in [-0.15, -0.1) is 0 Å². The van der Waals surface area contributed by atoms with Crippen molar-refractivity contribution in [2.75, 3.05) is 5.73 Å². The number of fused-ring (bicyclic) bond motifs is 1. The molecule has 84 valence electrons. The highest BCUT2D eigenvalue weighted by molar-refractivity contribution is 7.50. The van der Waals surface area contributed by atoms with Crippen LogP contribution in [0.25, 0.3) is 10.8 Å². The molecule has 0 aliphatic rings. The first kappa shape index (κ1) is 11.1. The molecule has 0 spiro atoms. The Hall–Kier alpha value is -1.35. The fourth-order valence-electron chi connectivity index (χ4n) is 1.74. The second kappa shape index (κ2) is 3.91. The van der Waals surface area contributed by atoms with Crippen LogP contribution in [0.3, 0.4) is 0 Å². The fraction of sp³-hybridized carbons (Fsp3) is 0.0909. The van der Waals surface area contributed by atoms with Crippen molar-refractivity contribution < 1.29 is 14.4 Å². The van der Waals surface area contributed by atoms with E-state index < -0.39 is 7.60 Å². The minimum absolute atomic E-state index is 0.256. The Morgan fingerprint density at radius 2 is 1.69 bits per heavy atom. The molecule has 0 aliphatic heterocycles. The van der Waals surface area contributed by atoms with Crippen molar-refractivity contribution in [3.8, 4) is 0 Å². The second-order valence-corrected chi connectivity index (χ2v) is 5.33. The van der Waals surface area contributed by atoms with Gasteiger partial charge in [-0.05, 0) is 17.0 Å². The highest BCUT2D eigenvalue weighted by Crippen LogP contribution is 2.41. The van der Waals surface area contributed by atoms with E-state index in [4.69, 9.17) is 15.5 Å². The van der Waals surface area contributed by atoms with Gasteiger partial charge in [0.05, 0.1) is 6.16 Å². The number of nitrogen functional groups attached to an aromatic ring is 1.